The van der Waals surface area contributed by atoms with Crippen molar-refractivity contribution in [2.24, 2.45) is 0 Å². The minimum absolute atomic E-state index is 0.0501. The van der Waals surface area contributed by atoms with Crippen LogP contribution in [-0.2, 0) is 27.5 Å². The maximum Gasteiger partial charge on any atom is 0.490 e. The summed E-state index contributed by atoms with van der Waals surface area (Å²) in [6, 6.07) is 10.4. The average molecular weight is 584 g/mol. The van der Waals surface area contributed by atoms with E-state index in [0.29, 0.717) is 18.9 Å². The molecule has 1 spiro atoms. The third kappa shape index (κ3) is 9.80. The number of carbonyl (C=O) groups excluding carboxylic acids is 1. The number of hydrogen-bond acceptors (Lipinski definition) is 6. The number of pyridine rings is 1. The summed E-state index contributed by atoms with van der Waals surface area (Å²) in [5.41, 5.74) is 2.08. The van der Waals surface area contributed by atoms with Crippen molar-refractivity contribution in [2.45, 2.75) is 63.6 Å². The molecule has 216 valence electrons. The van der Waals surface area contributed by atoms with E-state index < -0.39 is 24.3 Å². The van der Waals surface area contributed by atoms with Gasteiger partial charge >= 0.3 is 24.3 Å². The Morgan fingerprint density at radius 1 is 0.949 bits per heavy atom. The molecule has 0 aliphatic carbocycles. The second-order valence-corrected chi connectivity index (χ2v) is 9.97. The molecule has 0 aromatic carbocycles. The Morgan fingerprint density at radius 2 is 1.51 bits per heavy atom. The molecule has 2 aromatic rings. The van der Waals surface area contributed by atoms with Crippen LogP contribution in [-0.4, -0.2) is 73.8 Å². The lowest BCUT2D eigenvalue weighted by Crippen LogP contribution is -2.52. The van der Waals surface area contributed by atoms with Gasteiger partial charge in [0.15, 0.2) is 0 Å². The van der Waals surface area contributed by atoms with Gasteiger partial charge in [-0.3, -0.25) is 14.7 Å². The second kappa shape index (κ2) is 13.2. The molecule has 2 aromatic heterocycles. The zero-order chi connectivity index (χ0) is 29.4. The largest absolute Gasteiger partial charge is 0.490 e. The van der Waals surface area contributed by atoms with Crippen LogP contribution < -0.4 is 0 Å². The number of thiophene rings is 1. The molecular formula is C24H27F6N3O5S. The Labute approximate surface area is 223 Å². The lowest BCUT2D eigenvalue weighted by molar-refractivity contribution is -0.193. The first-order chi connectivity index (χ1) is 18.0. The summed E-state index contributed by atoms with van der Waals surface area (Å²) in [5, 5.41) is 16.4. The third-order valence-electron chi connectivity index (χ3n) is 6.18. The summed E-state index contributed by atoms with van der Waals surface area (Å²) in [6.45, 7) is 5.85. The standard InChI is InChI=1S/C20H25N3OS.2C2HF3O2/c1-16-4-2-5-17(21-16)14-23-19(24)7-8-20(23)9-11-22(12-10-20)15-18-6-3-13-25-18;2*3-2(4,5)1(6)7/h2-6,13H,7-12,14-15H2,1H3;2*(H,6,7). The quantitative estimate of drug-likeness (QED) is 0.494. The molecule has 2 aliphatic heterocycles. The van der Waals surface area contributed by atoms with Crippen LogP contribution in [0.3, 0.4) is 0 Å². The van der Waals surface area contributed by atoms with Crippen LogP contribution in [0.4, 0.5) is 26.3 Å². The lowest BCUT2D eigenvalue weighted by atomic mass is 9.85. The predicted octanol–water partition coefficient (Wildman–Crippen LogP) is 4.88. The topological polar surface area (TPSA) is 111 Å². The highest BCUT2D eigenvalue weighted by atomic mass is 32.1. The number of likely N-dealkylation sites (tertiary alicyclic amines) is 2. The maximum absolute atomic E-state index is 12.6. The molecule has 0 unspecified atom stereocenters. The molecule has 0 bridgehead atoms. The van der Waals surface area contributed by atoms with Crippen LogP contribution in [0.2, 0.25) is 0 Å². The fourth-order valence-electron chi connectivity index (χ4n) is 4.25. The molecule has 39 heavy (non-hydrogen) atoms. The zero-order valence-corrected chi connectivity index (χ0v) is 21.6. The van der Waals surface area contributed by atoms with Gasteiger partial charge in [0.05, 0.1) is 12.2 Å². The van der Waals surface area contributed by atoms with Gasteiger partial charge in [0.1, 0.15) is 0 Å². The fourth-order valence-corrected chi connectivity index (χ4v) is 5.00. The summed E-state index contributed by atoms with van der Waals surface area (Å²) in [7, 11) is 0. The van der Waals surface area contributed by atoms with Crippen LogP contribution in [0.25, 0.3) is 0 Å². The first-order valence-corrected chi connectivity index (χ1v) is 12.5. The van der Waals surface area contributed by atoms with E-state index in [2.05, 4.69) is 32.3 Å². The summed E-state index contributed by atoms with van der Waals surface area (Å²) < 4.78 is 63.5. The van der Waals surface area contributed by atoms with Crippen molar-refractivity contribution in [3.05, 3.63) is 52.0 Å². The minimum Gasteiger partial charge on any atom is -0.475 e. The molecule has 8 nitrogen and oxygen atoms in total. The number of halogens is 6. The number of carboxylic acid groups (broad SMARTS) is 2. The van der Waals surface area contributed by atoms with Gasteiger partial charge in [-0.2, -0.15) is 26.3 Å². The van der Waals surface area contributed by atoms with E-state index >= 15 is 0 Å². The van der Waals surface area contributed by atoms with Crippen LogP contribution in [0.5, 0.6) is 0 Å². The van der Waals surface area contributed by atoms with Crippen molar-refractivity contribution >= 4 is 29.2 Å². The van der Waals surface area contributed by atoms with Crippen molar-refractivity contribution < 1.29 is 50.9 Å². The first kappa shape index (κ1) is 32.0. The van der Waals surface area contributed by atoms with E-state index in [1.807, 2.05) is 36.5 Å². The van der Waals surface area contributed by atoms with Gasteiger partial charge in [0, 0.05) is 42.2 Å². The number of hydrogen-bond donors (Lipinski definition) is 2. The van der Waals surface area contributed by atoms with Crippen LogP contribution in [0.1, 0.15) is 41.9 Å². The highest BCUT2D eigenvalue weighted by Crippen LogP contribution is 2.40. The number of alkyl halides is 6. The average Bonchev–Trinajstić information content (AvgIpc) is 3.44. The van der Waals surface area contributed by atoms with E-state index in [0.717, 1.165) is 50.3 Å². The minimum atomic E-state index is -5.08. The lowest BCUT2D eigenvalue weighted by Gasteiger charge is -2.45. The number of nitrogens with zero attached hydrogens (tertiary/aromatic N) is 3. The van der Waals surface area contributed by atoms with Crippen molar-refractivity contribution in [1.29, 1.82) is 0 Å². The number of aliphatic carboxylic acids is 2. The normalized spacial score (nSPS) is 17.2. The Morgan fingerprint density at radius 3 is 1.97 bits per heavy atom. The van der Waals surface area contributed by atoms with Gasteiger partial charge in [0.2, 0.25) is 5.91 Å². The number of aromatic nitrogens is 1. The van der Waals surface area contributed by atoms with Gasteiger partial charge < -0.3 is 15.1 Å². The second-order valence-electron chi connectivity index (χ2n) is 8.94. The van der Waals surface area contributed by atoms with Gasteiger partial charge in [0.25, 0.3) is 0 Å². The number of rotatable bonds is 4. The molecule has 1 amide bonds. The number of aryl methyl sites for hydroxylation is 1. The Kier molecular flexibility index (Phi) is 10.9. The van der Waals surface area contributed by atoms with Crippen LogP contribution >= 0.6 is 11.3 Å². The molecule has 2 aliphatic rings. The van der Waals surface area contributed by atoms with E-state index in [-0.39, 0.29) is 5.54 Å². The fraction of sp³-hybridized carbons (Fsp3) is 0.500. The van der Waals surface area contributed by atoms with E-state index in [1.54, 1.807) is 0 Å². The molecule has 2 fully saturated rings. The maximum atomic E-state index is 12.6. The highest BCUT2D eigenvalue weighted by molar-refractivity contribution is 7.09. The third-order valence-corrected chi connectivity index (χ3v) is 7.04. The van der Waals surface area contributed by atoms with Gasteiger partial charge in [-0.1, -0.05) is 12.1 Å². The number of amides is 1. The summed E-state index contributed by atoms with van der Waals surface area (Å²) in [5.74, 6) is -5.21. The summed E-state index contributed by atoms with van der Waals surface area (Å²) in [6.07, 6.45) is -6.31. The predicted molar refractivity (Wildman–Crippen MR) is 128 cm³/mol. The van der Waals surface area contributed by atoms with Crippen molar-refractivity contribution in [1.82, 2.24) is 14.8 Å². The number of piperidine rings is 1. The first-order valence-electron chi connectivity index (χ1n) is 11.6. The van der Waals surface area contributed by atoms with E-state index in [9.17, 15) is 31.1 Å². The van der Waals surface area contributed by atoms with Crippen LogP contribution in [0.15, 0.2) is 35.7 Å². The van der Waals surface area contributed by atoms with Gasteiger partial charge in [-0.25, -0.2) is 9.59 Å². The summed E-state index contributed by atoms with van der Waals surface area (Å²) >= 11 is 1.83. The van der Waals surface area contributed by atoms with Crippen molar-refractivity contribution in [2.75, 3.05) is 13.1 Å². The Hall–Kier alpha value is -3.20. The van der Waals surface area contributed by atoms with Crippen molar-refractivity contribution in [3.63, 3.8) is 0 Å². The van der Waals surface area contributed by atoms with E-state index in [1.165, 1.54) is 4.88 Å². The van der Waals surface area contributed by atoms with Crippen molar-refractivity contribution in [3.8, 4) is 0 Å². The molecule has 15 heteroatoms. The molecule has 0 atom stereocenters. The highest BCUT2D eigenvalue weighted by Gasteiger charge is 2.46. The smallest absolute Gasteiger partial charge is 0.475 e. The van der Waals surface area contributed by atoms with Gasteiger partial charge in [-0.05, 0) is 49.8 Å². The molecule has 0 radical (unpaired) electrons. The van der Waals surface area contributed by atoms with Crippen LogP contribution in [0, 0.1) is 6.92 Å². The molecule has 2 saturated heterocycles. The molecule has 2 N–H and O–H groups in total. The monoisotopic (exact) mass is 583 g/mol. The SMILES string of the molecule is Cc1cccc(CN2C(=O)CCC23CCN(Cc2cccs2)CC3)n1.O=C(O)C(F)(F)F.O=C(O)C(F)(F)F. The zero-order valence-electron chi connectivity index (χ0n) is 20.8. The number of carboxylic acids is 2. The molecule has 4 heterocycles. The van der Waals surface area contributed by atoms with Gasteiger partial charge in [-0.15, -0.1) is 11.3 Å². The number of carbonyl (C=O) groups is 3. The summed E-state index contributed by atoms with van der Waals surface area (Å²) in [4.78, 5) is 41.1. The molecule has 0 saturated carbocycles. The Balaban J connectivity index is 0.000000317. The molecular weight excluding hydrogens is 556 g/mol. The van der Waals surface area contributed by atoms with E-state index in [4.69, 9.17) is 19.8 Å². The Bertz CT molecular complexity index is 1090. The molecule has 4 rings (SSSR count).